The predicted octanol–water partition coefficient (Wildman–Crippen LogP) is 8.12. The van der Waals surface area contributed by atoms with Crippen molar-refractivity contribution in [3.63, 3.8) is 0 Å². The van der Waals surface area contributed by atoms with Gasteiger partial charge in [-0.15, -0.1) is 0 Å². The molecule has 1 aromatic heterocycles. The Balaban J connectivity index is 0.000000253. The SMILES string of the molecule is C=C(C)CN1CCC(c2cccc(OCc3ccc(C#N)cc3F)n2)CC1.CC(=O)c1ccc(C)c(C)c1.CCC1CCO1. The van der Waals surface area contributed by atoms with Crippen molar-refractivity contribution in [1.29, 1.82) is 5.26 Å². The highest BCUT2D eigenvalue weighted by Gasteiger charge is 2.22. The molecular weight excluding hydrogens is 553 g/mol. The molecular formula is C37H46FN3O3. The number of aryl methyl sites for hydroxylation is 2. The van der Waals surface area contributed by atoms with Crippen molar-refractivity contribution >= 4 is 5.78 Å². The van der Waals surface area contributed by atoms with Crippen molar-refractivity contribution < 1.29 is 18.7 Å². The van der Waals surface area contributed by atoms with Gasteiger partial charge in [-0.3, -0.25) is 9.69 Å². The normalized spacial score (nSPS) is 16.2. The molecule has 5 rings (SSSR count). The number of Topliss-reactive ketones (excluding diaryl/α,β-unsaturated/α-hetero) is 1. The van der Waals surface area contributed by atoms with Crippen LogP contribution >= 0.6 is 0 Å². The van der Waals surface area contributed by atoms with Gasteiger partial charge in [-0.1, -0.05) is 43.3 Å². The van der Waals surface area contributed by atoms with E-state index in [0.29, 0.717) is 29.0 Å². The number of ketones is 1. The number of rotatable bonds is 8. The number of halogens is 1. The van der Waals surface area contributed by atoms with Gasteiger partial charge in [-0.05, 0) is 102 Å². The minimum absolute atomic E-state index is 0.0883. The van der Waals surface area contributed by atoms with E-state index in [0.717, 1.165) is 50.3 Å². The Hall–Kier alpha value is -3.86. The molecule has 7 heteroatoms. The number of carbonyl (C=O) groups excluding carboxylic acids is 1. The molecule has 1 atom stereocenters. The van der Waals surface area contributed by atoms with Crippen LogP contribution in [0.3, 0.4) is 0 Å². The van der Waals surface area contributed by atoms with E-state index in [1.165, 1.54) is 35.6 Å². The first-order valence-electron chi connectivity index (χ1n) is 15.4. The Bertz CT molecular complexity index is 1430. The van der Waals surface area contributed by atoms with E-state index in [9.17, 15) is 9.18 Å². The van der Waals surface area contributed by atoms with Gasteiger partial charge in [0.05, 0.1) is 17.7 Å². The van der Waals surface area contributed by atoms with Gasteiger partial charge in [-0.2, -0.15) is 5.26 Å². The number of nitriles is 1. The number of hydrogen-bond acceptors (Lipinski definition) is 6. The fourth-order valence-electron chi connectivity index (χ4n) is 4.96. The molecule has 234 valence electrons. The fourth-order valence-corrected chi connectivity index (χ4v) is 4.96. The summed E-state index contributed by atoms with van der Waals surface area (Å²) in [7, 11) is 0. The maximum atomic E-state index is 14.0. The highest BCUT2D eigenvalue weighted by Crippen LogP contribution is 2.28. The van der Waals surface area contributed by atoms with Crippen molar-refractivity contribution in [3.8, 4) is 11.9 Å². The summed E-state index contributed by atoms with van der Waals surface area (Å²) in [4.78, 5) is 18.0. The molecule has 1 unspecified atom stereocenters. The fraction of sp³-hybridized carbons (Fsp3) is 0.432. The molecule has 0 N–H and O–H groups in total. The lowest BCUT2D eigenvalue weighted by Gasteiger charge is -2.31. The first-order valence-corrected chi connectivity index (χ1v) is 15.4. The third kappa shape index (κ3) is 11.0. The number of hydrogen-bond donors (Lipinski definition) is 0. The summed E-state index contributed by atoms with van der Waals surface area (Å²) >= 11 is 0. The molecule has 2 aromatic carbocycles. The summed E-state index contributed by atoms with van der Waals surface area (Å²) in [5.41, 5.74) is 6.14. The Morgan fingerprint density at radius 3 is 2.34 bits per heavy atom. The van der Waals surface area contributed by atoms with Crippen LogP contribution in [-0.4, -0.2) is 48.0 Å². The second kappa shape index (κ2) is 17.4. The number of nitrogens with zero attached hydrogens (tertiary/aromatic N) is 3. The maximum absolute atomic E-state index is 14.0. The summed E-state index contributed by atoms with van der Waals surface area (Å²) in [6.45, 7) is 18.0. The molecule has 3 aromatic rings. The lowest BCUT2D eigenvalue weighted by Crippen LogP contribution is -2.34. The van der Waals surface area contributed by atoms with Gasteiger partial charge in [0.1, 0.15) is 12.4 Å². The van der Waals surface area contributed by atoms with E-state index in [2.05, 4.69) is 30.3 Å². The van der Waals surface area contributed by atoms with Gasteiger partial charge in [0.2, 0.25) is 5.88 Å². The second-order valence-corrected chi connectivity index (χ2v) is 11.7. The smallest absolute Gasteiger partial charge is 0.213 e. The molecule has 0 radical (unpaired) electrons. The van der Waals surface area contributed by atoms with Crippen molar-refractivity contribution in [2.75, 3.05) is 26.2 Å². The molecule has 3 heterocycles. The molecule has 2 fully saturated rings. The lowest BCUT2D eigenvalue weighted by molar-refractivity contribution is -0.0516. The molecule has 0 amide bonds. The number of benzene rings is 2. The van der Waals surface area contributed by atoms with E-state index in [1.807, 2.05) is 50.2 Å². The van der Waals surface area contributed by atoms with Crippen LogP contribution in [-0.2, 0) is 11.3 Å². The summed E-state index contributed by atoms with van der Waals surface area (Å²) in [5, 5.41) is 8.81. The summed E-state index contributed by atoms with van der Waals surface area (Å²) in [5.74, 6) is 0.616. The highest BCUT2D eigenvalue weighted by molar-refractivity contribution is 5.94. The van der Waals surface area contributed by atoms with Crippen LogP contribution in [0.1, 0.15) is 90.7 Å². The van der Waals surface area contributed by atoms with Crippen molar-refractivity contribution in [1.82, 2.24) is 9.88 Å². The van der Waals surface area contributed by atoms with Crippen LogP contribution in [0.4, 0.5) is 4.39 Å². The molecule has 0 saturated carbocycles. The van der Waals surface area contributed by atoms with Crippen LogP contribution in [0.5, 0.6) is 5.88 Å². The Labute approximate surface area is 262 Å². The average molecular weight is 600 g/mol. The number of likely N-dealkylation sites (tertiary alicyclic amines) is 1. The number of piperidine rings is 1. The van der Waals surface area contributed by atoms with E-state index in [1.54, 1.807) is 25.1 Å². The van der Waals surface area contributed by atoms with Gasteiger partial charge < -0.3 is 9.47 Å². The van der Waals surface area contributed by atoms with Crippen LogP contribution in [0.2, 0.25) is 0 Å². The van der Waals surface area contributed by atoms with E-state index in [4.69, 9.17) is 14.7 Å². The molecule has 0 spiro atoms. The minimum atomic E-state index is -0.435. The van der Waals surface area contributed by atoms with E-state index >= 15 is 0 Å². The topological polar surface area (TPSA) is 75.5 Å². The first kappa shape index (κ1) is 34.6. The zero-order valence-electron chi connectivity index (χ0n) is 26.9. The summed E-state index contributed by atoms with van der Waals surface area (Å²) < 4.78 is 24.8. The van der Waals surface area contributed by atoms with E-state index < -0.39 is 5.82 Å². The van der Waals surface area contributed by atoms with Gasteiger partial charge in [0.15, 0.2) is 5.78 Å². The summed E-state index contributed by atoms with van der Waals surface area (Å²) in [6.07, 6.45) is 5.23. The van der Waals surface area contributed by atoms with Crippen molar-refractivity contribution in [3.05, 3.63) is 106 Å². The monoisotopic (exact) mass is 599 g/mol. The van der Waals surface area contributed by atoms with Crippen LogP contribution in [0.25, 0.3) is 0 Å². The van der Waals surface area contributed by atoms with E-state index in [-0.39, 0.29) is 12.4 Å². The van der Waals surface area contributed by atoms with Gasteiger partial charge >= 0.3 is 0 Å². The molecule has 6 nitrogen and oxygen atoms in total. The van der Waals surface area contributed by atoms with Gasteiger partial charge in [0, 0.05) is 42.0 Å². The van der Waals surface area contributed by atoms with Crippen LogP contribution < -0.4 is 4.74 Å². The van der Waals surface area contributed by atoms with Crippen molar-refractivity contribution in [2.24, 2.45) is 0 Å². The zero-order valence-corrected chi connectivity index (χ0v) is 26.9. The highest BCUT2D eigenvalue weighted by atomic mass is 19.1. The second-order valence-electron chi connectivity index (χ2n) is 11.7. The zero-order chi connectivity index (χ0) is 32.1. The largest absolute Gasteiger partial charge is 0.473 e. The Morgan fingerprint density at radius 2 is 1.82 bits per heavy atom. The third-order valence-electron chi connectivity index (χ3n) is 7.96. The molecule has 2 aliphatic heterocycles. The average Bonchev–Trinajstić information content (AvgIpc) is 2.98. The van der Waals surface area contributed by atoms with Crippen LogP contribution in [0.15, 0.2) is 66.7 Å². The Morgan fingerprint density at radius 1 is 1.09 bits per heavy atom. The van der Waals surface area contributed by atoms with Gasteiger partial charge in [-0.25, -0.2) is 9.37 Å². The molecule has 2 aliphatic rings. The number of pyridine rings is 1. The number of carbonyl (C=O) groups is 1. The maximum Gasteiger partial charge on any atom is 0.213 e. The predicted molar refractivity (Wildman–Crippen MR) is 173 cm³/mol. The third-order valence-corrected chi connectivity index (χ3v) is 7.96. The van der Waals surface area contributed by atoms with Gasteiger partial charge in [0.25, 0.3) is 0 Å². The first-order chi connectivity index (χ1) is 21.1. The number of aromatic nitrogens is 1. The molecule has 44 heavy (non-hydrogen) atoms. The molecule has 0 bridgehead atoms. The summed E-state index contributed by atoms with van der Waals surface area (Å²) in [6, 6.07) is 17.9. The van der Waals surface area contributed by atoms with Crippen molar-refractivity contribution in [2.45, 2.75) is 78.9 Å². The molecule has 0 aliphatic carbocycles. The number of ether oxygens (including phenoxy) is 2. The Kier molecular flexibility index (Phi) is 13.7. The lowest BCUT2D eigenvalue weighted by atomic mass is 9.93. The minimum Gasteiger partial charge on any atom is -0.473 e. The molecule has 2 saturated heterocycles. The quantitative estimate of drug-likeness (QED) is 0.192. The standard InChI is InChI=1S/C22H24FN3O.C10H12O.C5H10O/c1-16(2)14-26-10-8-18(9-11-26)21-4-3-5-22(25-21)27-15-19-7-6-17(13-24)12-20(19)23;1-7-4-5-10(9(3)11)6-8(7)2;1-2-5-3-4-6-5/h3-7,12,18H,1,8-11,14-15H2,2H3;4-6H,1-3H3;5H,2-4H2,1H3. The van der Waals surface area contributed by atoms with Crippen LogP contribution in [0, 0.1) is 31.0 Å².